The highest BCUT2D eigenvalue weighted by Crippen LogP contribution is 2.57. The second-order valence-corrected chi connectivity index (χ2v) is 24.7. The zero-order valence-corrected chi connectivity index (χ0v) is 52.5. The number of aromatic amines is 4. The van der Waals surface area contributed by atoms with E-state index in [0.717, 1.165) is 194 Å². The molecule has 0 fully saturated rings. The molecule has 424 valence electrons. The third-order valence-electron chi connectivity index (χ3n) is 20.1. The van der Waals surface area contributed by atoms with E-state index in [0.29, 0.717) is 0 Å². The van der Waals surface area contributed by atoms with Gasteiger partial charge in [-0.05, 0) is 234 Å². The summed E-state index contributed by atoms with van der Waals surface area (Å²) in [4.78, 5) is 38.0. The molecule has 0 spiro atoms. The summed E-state index contributed by atoms with van der Waals surface area (Å²) in [5.41, 5.74) is 41.0. The Labute approximate surface area is 494 Å². The SMILES string of the molecule is CCC1=C(C)c2cc3[nH]c(c(C)c3C)c(-c3cccc4c3Oc3c(-c5c6nc(cc7[nH]c(cc8nc(cc9[nH]c5c(C)c9C)C(C)=C8CC)c(CC)c7C)C(C)=C6C)cccc3C4(C)C)c3nc(cc4[nH]c(cc1n2)c(CC)c4C)C(C)=C3C. The molecular weight excluding hydrogens is 1030 g/mol. The van der Waals surface area contributed by atoms with Crippen molar-refractivity contribution >= 4 is 88.7 Å². The van der Waals surface area contributed by atoms with Crippen LogP contribution in [-0.4, -0.2) is 39.9 Å². The fourth-order valence-corrected chi connectivity index (χ4v) is 14.3. The van der Waals surface area contributed by atoms with Gasteiger partial charge in [0.1, 0.15) is 11.5 Å². The number of H-pyrrole nitrogens is 4. The Morgan fingerprint density at radius 2 is 0.726 bits per heavy atom. The normalized spacial score (nSPS) is 14.7. The largest absolute Gasteiger partial charge is 0.455 e. The lowest BCUT2D eigenvalue weighted by Gasteiger charge is -2.36. The van der Waals surface area contributed by atoms with Crippen molar-refractivity contribution in [2.24, 2.45) is 0 Å². The predicted molar refractivity (Wildman–Crippen MR) is 354 cm³/mol. The van der Waals surface area contributed by atoms with Crippen LogP contribution in [0.25, 0.3) is 111 Å². The van der Waals surface area contributed by atoms with Crippen molar-refractivity contribution in [3.05, 3.63) is 174 Å². The minimum atomic E-state index is -0.502. The fourth-order valence-electron chi connectivity index (χ4n) is 14.3. The Hall–Kier alpha value is -8.56. The average Bonchev–Trinajstić information content (AvgIpc) is 1.99. The van der Waals surface area contributed by atoms with E-state index in [-0.39, 0.29) is 0 Å². The molecule has 8 aromatic rings. The van der Waals surface area contributed by atoms with Gasteiger partial charge in [-0.3, -0.25) is 0 Å². The first-order chi connectivity index (χ1) is 40.2. The molecule has 0 saturated heterocycles. The van der Waals surface area contributed by atoms with Crippen LogP contribution in [0.5, 0.6) is 11.5 Å². The molecule has 0 saturated carbocycles. The van der Waals surface area contributed by atoms with E-state index in [9.17, 15) is 0 Å². The van der Waals surface area contributed by atoms with Gasteiger partial charge in [-0.15, -0.1) is 0 Å². The fraction of sp³-hybridized carbons (Fsp3) is 0.307. The summed E-state index contributed by atoms with van der Waals surface area (Å²) in [6, 6.07) is 27.0. The van der Waals surface area contributed by atoms with E-state index < -0.39 is 5.41 Å². The zero-order chi connectivity index (χ0) is 59.3. The summed E-state index contributed by atoms with van der Waals surface area (Å²) in [6.45, 7) is 40.4. The van der Waals surface area contributed by atoms with Gasteiger partial charge in [-0.1, -0.05) is 77.9 Å². The van der Waals surface area contributed by atoms with Crippen molar-refractivity contribution in [2.75, 3.05) is 0 Å². The summed E-state index contributed by atoms with van der Waals surface area (Å²) in [5.74, 6) is 1.63. The van der Waals surface area contributed by atoms with Gasteiger partial charge in [0.05, 0.1) is 56.6 Å². The molecule has 0 amide bonds. The Kier molecular flexibility index (Phi) is 12.9. The highest BCUT2D eigenvalue weighted by Gasteiger charge is 2.39. The van der Waals surface area contributed by atoms with Gasteiger partial charge in [0.25, 0.3) is 0 Å². The minimum Gasteiger partial charge on any atom is -0.455 e. The Balaban J connectivity index is 1.13. The molecule has 13 rings (SSSR count). The molecule has 2 aromatic carbocycles. The number of allylic oxidation sites excluding steroid dienone is 8. The van der Waals surface area contributed by atoms with E-state index in [1.165, 1.54) is 55.7 Å². The number of para-hydroxylation sites is 2. The van der Waals surface area contributed by atoms with Gasteiger partial charge in [-0.25, -0.2) is 19.9 Å². The van der Waals surface area contributed by atoms with Crippen molar-refractivity contribution in [3.63, 3.8) is 0 Å². The van der Waals surface area contributed by atoms with Crippen LogP contribution in [0.2, 0.25) is 0 Å². The third kappa shape index (κ3) is 8.00. The van der Waals surface area contributed by atoms with Crippen molar-refractivity contribution < 1.29 is 4.74 Å². The van der Waals surface area contributed by atoms with Gasteiger partial charge >= 0.3 is 0 Å². The van der Waals surface area contributed by atoms with E-state index in [2.05, 4.69) is 217 Å². The van der Waals surface area contributed by atoms with E-state index in [4.69, 9.17) is 24.7 Å². The molecule has 84 heavy (non-hydrogen) atoms. The van der Waals surface area contributed by atoms with Crippen LogP contribution in [0.4, 0.5) is 0 Å². The van der Waals surface area contributed by atoms with Crippen LogP contribution in [0.15, 0.2) is 72.8 Å². The Morgan fingerprint density at radius 1 is 0.369 bits per heavy atom. The van der Waals surface area contributed by atoms with Crippen molar-refractivity contribution in [3.8, 4) is 33.8 Å². The van der Waals surface area contributed by atoms with E-state index in [1.807, 2.05) is 0 Å². The monoisotopic (exact) mass is 1110 g/mol. The maximum absolute atomic E-state index is 7.88. The number of hydrogen-bond donors (Lipinski definition) is 4. The molecule has 0 aliphatic carbocycles. The molecule has 5 aliphatic rings. The molecule has 0 radical (unpaired) electrons. The van der Waals surface area contributed by atoms with E-state index in [1.54, 1.807) is 0 Å². The summed E-state index contributed by atoms with van der Waals surface area (Å²) in [5, 5.41) is 0. The quantitative estimate of drug-likeness (QED) is 0.132. The molecule has 9 nitrogen and oxygen atoms in total. The number of hydrogen-bond acceptors (Lipinski definition) is 5. The van der Waals surface area contributed by atoms with Crippen LogP contribution in [0, 0.1) is 41.5 Å². The number of fused-ring (bicyclic) bond motifs is 18. The number of nitrogens with one attached hydrogen (secondary N) is 4. The van der Waals surface area contributed by atoms with Gasteiger partial charge < -0.3 is 24.7 Å². The third-order valence-corrected chi connectivity index (χ3v) is 20.1. The summed E-state index contributed by atoms with van der Waals surface area (Å²) < 4.78 is 7.88. The summed E-state index contributed by atoms with van der Waals surface area (Å²) >= 11 is 0. The molecule has 4 N–H and O–H groups in total. The van der Waals surface area contributed by atoms with Crippen LogP contribution < -0.4 is 4.74 Å². The van der Waals surface area contributed by atoms with Crippen LogP contribution in [-0.2, 0) is 18.3 Å². The molecule has 5 aliphatic heterocycles. The predicted octanol–water partition coefficient (Wildman–Crippen LogP) is 20.3. The minimum absolute atomic E-state index is 0.502. The lowest BCUT2D eigenvalue weighted by atomic mass is 9.73. The summed E-state index contributed by atoms with van der Waals surface area (Å²) in [6.07, 6.45) is 3.56. The smallest absolute Gasteiger partial charge is 0.139 e. The number of aryl methyl sites for hydroxylation is 8. The number of nitrogens with zero attached hydrogens (tertiary/aromatic N) is 4. The van der Waals surface area contributed by atoms with Crippen molar-refractivity contribution in [2.45, 2.75) is 156 Å². The van der Waals surface area contributed by atoms with Gasteiger partial charge in [-0.2, -0.15) is 0 Å². The molecule has 11 heterocycles. The number of rotatable bonds is 6. The molecular formula is C75H78N8O. The Bertz CT molecular complexity index is 4480. The maximum Gasteiger partial charge on any atom is 0.139 e. The molecule has 0 unspecified atom stereocenters. The zero-order valence-electron chi connectivity index (χ0n) is 52.5. The van der Waals surface area contributed by atoms with Crippen molar-refractivity contribution in [1.29, 1.82) is 0 Å². The molecule has 0 atom stereocenters. The van der Waals surface area contributed by atoms with Crippen LogP contribution >= 0.6 is 0 Å². The molecule has 6 aromatic heterocycles. The second-order valence-electron chi connectivity index (χ2n) is 24.7. The number of benzene rings is 2. The van der Waals surface area contributed by atoms with Gasteiger partial charge in [0.2, 0.25) is 0 Å². The average molecular weight is 1110 g/mol. The highest BCUT2D eigenvalue weighted by molar-refractivity contribution is 6.05. The van der Waals surface area contributed by atoms with Crippen LogP contribution in [0.1, 0.15) is 197 Å². The van der Waals surface area contributed by atoms with Crippen LogP contribution in [0.3, 0.4) is 0 Å². The molecule has 16 bridgehead atoms. The van der Waals surface area contributed by atoms with E-state index >= 15 is 0 Å². The lowest BCUT2D eigenvalue weighted by molar-refractivity contribution is 0.421. The number of ether oxygens (including phenoxy) is 1. The lowest BCUT2D eigenvalue weighted by Crippen LogP contribution is -2.25. The first-order valence-electron chi connectivity index (χ1n) is 30.4. The maximum atomic E-state index is 7.88. The van der Waals surface area contributed by atoms with Crippen molar-refractivity contribution in [1.82, 2.24) is 39.9 Å². The first kappa shape index (κ1) is 54.7. The van der Waals surface area contributed by atoms with Gasteiger partial charge in [0.15, 0.2) is 0 Å². The standard InChI is InChI=1S/C75H78N8O/c1-19-47-43(13)59-29-55-35(5)39(9)69(80-55)67(70-40(10)36(6)56(81-70)30-60-44(14)48(20-2)64(77-60)33-63(47)76-59)51-25-23-27-53-73(51)84-74-52(26-24-28-54(74)75(53,17)18)68-71-41(11)37(7)57(82-71)31-61-45(15)49(21-3)65(78-61)34-66-50(22-4)46(16)62(79-66)32-58-38(8)42(12)72(68)83-58/h23-34,76,78,81,83H,19-22H2,1-18H3. The number of aromatic nitrogens is 8. The Morgan fingerprint density at radius 3 is 1.10 bits per heavy atom. The second kappa shape index (κ2) is 19.8. The summed E-state index contributed by atoms with van der Waals surface area (Å²) in [7, 11) is 0. The van der Waals surface area contributed by atoms with Gasteiger partial charge in [0, 0.05) is 71.9 Å². The molecule has 9 heteroatoms. The first-order valence-corrected chi connectivity index (χ1v) is 30.4. The highest BCUT2D eigenvalue weighted by atomic mass is 16.5. The topological polar surface area (TPSA) is 124 Å².